The Morgan fingerprint density at radius 3 is 3.05 bits per heavy atom. The Hall–Kier alpha value is -1.39. The van der Waals surface area contributed by atoms with E-state index in [-0.39, 0.29) is 0 Å². The molecule has 1 saturated heterocycles. The van der Waals surface area contributed by atoms with E-state index in [4.69, 9.17) is 11.6 Å². The smallest absolute Gasteiger partial charge is 0.137 e. The average Bonchev–Trinajstić information content (AvgIpc) is 3.03. The minimum atomic E-state index is 0.375. The Morgan fingerprint density at radius 1 is 1.41 bits per heavy atom. The second-order valence-electron chi connectivity index (χ2n) is 6.04. The molecule has 2 heterocycles. The maximum absolute atomic E-state index is 6.14. The van der Waals surface area contributed by atoms with E-state index in [9.17, 15) is 0 Å². The number of piperidine rings is 1. The van der Waals surface area contributed by atoms with Gasteiger partial charge in [0.2, 0.25) is 0 Å². The van der Waals surface area contributed by atoms with Crippen LogP contribution in [0.2, 0.25) is 5.02 Å². The van der Waals surface area contributed by atoms with Gasteiger partial charge in [0.15, 0.2) is 0 Å². The Kier molecular flexibility index (Phi) is 4.79. The fourth-order valence-corrected chi connectivity index (χ4v) is 3.57. The van der Waals surface area contributed by atoms with Gasteiger partial charge in [-0.1, -0.05) is 23.7 Å². The third-order valence-electron chi connectivity index (χ3n) is 4.68. The first-order valence-corrected chi connectivity index (χ1v) is 8.44. The van der Waals surface area contributed by atoms with Gasteiger partial charge in [0.25, 0.3) is 0 Å². The molecule has 1 aromatic heterocycles. The molecule has 4 nitrogen and oxygen atoms in total. The molecule has 0 N–H and O–H groups in total. The third-order valence-corrected chi connectivity index (χ3v) is 4.92. The molecular weight excluding hydrogens is 296 g/mol. The van der Waals surface area contributed by atoms with E-state index < -0.39 is 0 Å². The fourth-order valence-electron chi connectivity index (χ4n) is 3.37. The Morgan fingerprint density at radius 2 is 2.27 bits per heavy atom. The number of likely N-dealkylation sites (tertiary alicyclic amines) is 1. The lowest BCUT2D eigenvalue weighted by molar-refractivity contribution is 0.154. The van der Waals surface area contributed by atoms with E-state index in [1.807, 2.05) is 18.5 Å². The molecule has 5 heteroatoms. The molecule has 3 rings (SSSR count). The lowest BCUT2D eigenvalue weighted by Crippen LogP contribution is -2.37. The summed E-state index contributed by atoms with van der Waals surface area (Å²) >= 11 is 6.14. The number of aromatic nitrogens is 3. The largest absolute Gasteiger partial charge is 0.318 e. The van der Waals surface area contributed by atoms with Crippen LogP contribution in [0.4, 0.5) is 0 Å². The molecule has 22 heavy (non-hydrogen) atoms. The molecule has 1 fully saturated rings. The second kappa shape index (κ2) is 6.80. The SMILES string of the molecule is CCn1cnnc1[C@@H]1CCCN([C@H](C)c2cccc(Cl)c2)C1. The van der Waals surface area contributed by atoms with Crippen molar-refractivity contribution in [2.75, 3.05) is 13.1 Å². The lowest BCUT2D eigenvalue weighted by Gasteiger charge is -2.36. The standard InChI is InChI=1S/C17H23ClN4/c1-3-21-12-19-20-17(21)15-7-5-9-22(11-15)13(2)14-6-4-8-16(18)10-14/h4,6,8,10,12-13,15H,3,5,7,9,11H2,1-2H3/t13-,15-/m1/s1. The Balaban J connectivity index is 1.75. The van der Waals surface area contributed by atoms with Crippen molar-refractivity contribution in [2.45, 2.75) is 45.2 Å². The van der Waals surface area contributed by atoms with Crippen molar-refractivity contribution in [3.63, 3.8) is 0 Å². The summed E-state index contributed by atoms with van der Waals surface area (Å²) in [7, 11) is 0. The summed E-state index contributed by atoms with van der Waals surface area (Å²) in [6.07, 6.45) is 4.23. The van der Waals surface area contributed by atoms with Crippen LogP contribution in [0.15, 0.2) is 30.6 Å². The molecule has 0 radical (unpaired) electrons. The molecule has 0 saturated carbocycles. The molecule has 118 valence electrons. The molecule has 1 aliphatic heterocycles. The van der Waals surface area contributed by atoms with E-state index in [2.05, 4.69) is 45.6 Å². The van der Waals surface area contributed by atoms with E-state index in [0.29, 0.717) is 12.0 Å². The Labute approximate surface area is 137 Å². The van der Waals surface area contributed by atoms with Crippen LogP contribution in [0.3, 0.4) is 0 Å². The second-order valence-corrected chi connectivity index (χ2v) is 6.48. The zero-order chi connectivity index (χ0) is 15.5. The molecular formula is C17H23ClN4. The normalized spacial score (nSPS) is 21.0. The summed E-state index contributed by atoms with van der Waals surface area (Å²) in [4.78, 5) is 2.54. The maximum atomic E-state index is 6.14. The van der Waals surface area contributed by atoms with Crippen molar-refractivity contribution in [3.05, 3.63) is 47.0 Å². The number of rotatable bonds is 4. The highest BCUT2D eigenvalue weighted by Gasteiger charge is 2.28. The highest BCUT2D eigenvalue weighted by atomic mass is 35.5. The van der Waals surface area contributed by atoms with Crippen LogP contribution in [-0.2, 0) is 6.54 Å². The van der Waals surface area contributed by atoms with Gasteiger partial charge in [0.1, 0.15) is 12.2 Å². The van der Waals surface area contributed by atoms with Crippen LogP contribution in [0.25, 0.3) is 0 Å². The number of nitrogens with zero attached hydrogens (tertiary/aromatic N) is 4. The van der Waals surface area contributed by atoms with Gasteiger partial charge in [-0.15, -0.1) is 10.2 Å². The monoisotopic (exact) mass is 318 g/mol. The third kappa shape index (κ3) is 3.18. The molecule has 0 amide bonds. The molecule has 2 aromatic rings. The van der Waals surface area contributed by atoms with Crippen LogP contribution >= 0.6 is 11.6 Å². The van der Waals surface area contributed by atoms with Crippen molar-refractivity contribution in [2.24, 2.45) is 0 Å². The quantitative estimate of drug-likeness (QED) is 0.857. The number of aryl methyl sites for hydroxylation is 1. The number of halogens is 1. The molecule has 0 spiro atoms. The minimum Gasteiger partial charge on any atom is -0.318 e. The van der Waals surface area contributed by atoms with E-state index in [1.165, 1.54) is 18.4 Å². The first kappa shape index (κ1) is 15.5. The van der Waals surface area contributed by atoms with E-state index >= 15 is 0 Å². The number of hydrogen-bond donors (Lipinski definition) is 0. The zero-order valence-electron chi connectivity index (χ0n) is 13.2. The van der Waals surface area contributed by atoms with Gasteiger partial charge in [0, 0.05) is 30.1 Å². The summed E-state index contributed by atoms with van der Waals surface area (Å²) in [6.45, 7) is 7.50. The fraction of sp³-hybridized carbons (Fsp3) is 0.529. The van der Waals surface area contributed by atoms with Gasteiger partial charge in [-0.2, -0.15) is 0 Å². The average molecular weight is 319 g/mol. The van der Waals surface area contributed by atoms with Crippen LogP contribution in [0.1, 0.15) is 50.0 Å². The highest BCUT2D eigenvalue weighted by Crippen LogP contribution is 2.31. The van der Waals surface area contributed by atoms with Gasteiger partial charge >= 0.3 is 0 Å². The molecule has 2 atom stereocenters. The summed E-state index contributed by atoms with van der Waals surface area (Å²) in [5, 5.41) is 9.25. The van der Waals surface area contributed by atoms with Crippen LogP contribution < -0.4 is 0 Å². The van der Waals surface area contributed by atoms with Crippen LogP contribution in [0, 0.1) is 0 Å². The van der Waals surface area contributed by atoms with Gasteiger partial charge in [0.05, 0.1) is 0 Å². The Bertz CT molecular complexity index is 625. The van der Waals surface area contributed by atoms with Gasteiger partial charge < -0.3 is 4.57 Å². The summed E-state index contributed by atoms with van der Waals surface area (Å²) in [5.41, 5.74) is 1.28. The number of hydrogen-bond acceptors (Lipinski definition) is 3. The van der Waals surface area contributed by atoms with Crippen LogP contribution in [0.5, 0.6) is 0 Å². The van der Waals surface area contributed by atoms with Crippen molar-refractivity contribution < 1.29 is 0 Å². The predicted octanol–water partition coefficient (Wildman–Crippen LogP) is 3.89. The van der Waals surface area contributed by atoms with Crippen molar-refractivity contribution in [3.8, 4) is 0 Å². The minimum absolute atomic E-state index is 0.375. The molecule has 1 aliphatic rings. The summed E-state index contributed by atoms with van der Waals surface area (Å²) in [6, 6.07) is 8.57. The van der Waals surface area contributed by atoms with Gasteiger partial charge in [-0.25, -0.2) is 0 Å². The zero-order valence-corrected chi connectivity index (χ0v) is 14.0. The topological polar surface area (TPSA) is 34.0 Å². The number of benzene rings is 1. The molecule has 0 unspecified atom stereocenters. The molecule has 1 aromatic carbocycles. The van der Waals surface area contributed by atoms with E-state index in [1.54, 1.807) is 0 Å². The maximum Gasteiger partial charge on any atom is 0.137 e. The van der Waals surface area contributed by atoms with Crippen molar-refractivity contribution in [1.82, 2.24) is 19.7 Å². The lowest BCUT2D eigenvalue weighted by atomic mass is 9.94. The first-order valence-electron chi connectivity index (χ1n) is 8.06. The van der Waals surface area contributed by atoms with Gasteiger partial charge in [-0.05, 0) is 50.9 Å². The van der Waals surface area contributed by atoms with Crippen molar-refractivity contribution >= 4 is 11.6 Å². The summed E-state index contributed by atoms with van der Waals surface area (Å²) in [5.74, 6) is 1.60. The predicted molar refractivity (Wildman–Crippen MR) is 89.1 cm³/mol. The van der Waals surface area contributed by atoms with Gasteiger partial charge in [-0.3, -0.25) is 4.90 Å². The van der Waals surface area contributed by atoms with E-state index in [0.717, 1.165) is 30.5 Å². The molecule has 0 bridgehead atoms. The summed E-state index contributed by atoms with van der Waals surface area (Å²) < 4.78 is 2.16. The highest BCUT2D eigenvalue weighted by molar-refractivity contribution is 6.30. The molecule has 0 aliphatic carbocycles. The van der Waals surface area contributed by atoms with Crippen LogP contribution in [-0.4, -0.2) is 32.8 Å². The van der Waals surface area contributed by atoms with Crippen molar-refractivity contribution in [1.29, 1.82) is 0 Å². The first-order chi connectivity index (χ1) is 10.7.